The molecule has 4 rings (SSSR count). The van der Waals surface area contributed by atoms with Gasteiger partial charge in [0.25, 0.3) is 0 Å². The minimum Gasteiger partial charge on any atom is -0.356 e. The van der Waals surface area contributed by atoms with E-state index in [9.17, 15) is 4.39 Å². The maximum atomic E-state index is 12.9. The van der Waals surface area contributed by atoms with E-state index in [4.69, 9.17) is 0 Å². The quantitative estimate of drug-likeness (QED) is 0.520. The number of benzene rings is 1. The fraction of sp³-hybridized carbons (Fsp3) is 0.0667. The first-order valence-corrected chi connectivity index (χ1v) is 9.47. The van der Waals surface area contributed by atoms with Crippen LogP contribution in [0.25, 0.3) is 10.2 Å². The van der Waals surface area contributed by atoms with Crippen molar-refractivity contribution in [2.75, 3.05) is 5.32 Å². The third-order valence-electron chi connectivity index (χ3n) is 3.17. The fourth-order valence-electron chi connectivity index (χ4n) is 2.03. The molecule has 0 aliphatic carbocycles. The Morgan fingerprint density at radius 1 is 1.08 bits per heavy atom. The van der Waals surface area contributed by atoms with Gasteiger partial charge < -0.3 is 5.32 Å². The summed E-state index contributed by atoms with van der Waals surface area (Å²) in [7, 11) is 0. The molecule has 1 aromatic carbocycles. The first-order chi connectivity index (χ1) is 11.8. The zero-order valence-electron chi connectivity index (χ0n) is 12.1. The van der Waals surface area contributed by atoms with Crippen molar-refractivity contribution in [2.24, 2.45) is 0 Å². The van der Waals surface area contributed by atoms with Crippen LogP contribution in [0.1, 0.15) is 5.56 Å². The normalized spacial score (nSPS) is 11.0. The van der Waals surface area contributed by atoms with Crippen LogP contribution in [-0.4, -0.2) is 20.2 Å². The highest BCUT2D eigenvalue weighted by Gasteiger charge is 2.11. The summed E-state index contributed by atoms with van der Waals surface area (Å²) in [5.41, 5.74) is 0.983. The van der Waals surface area contributed by atoms with Crippen LogP contribution in [-0.2, 0) is 6.54 Å². The third kappa shape index (κ3) is 3.37. The topological polar surface area (TPSA) is 63.6 Å². The summed E-state index contributed by atoms with van der Waals surface area (Å²) >= 11 is 4.52. The Kier molecular flexibility index (Phi) is 4.37. The molecule has 0 radical (unpaired) electrons. The second kappa shape index (κ2) is 6.80. The molecule has 0 aliphatic heterocycles. The van der Waals surface area contributed by atoms with Gasteiger partial charge in [-0.15, -0.1) is 21.5 Å². The predicted octanol–water partition coefficient (Wildman–Crippen LogP) is 4.45. The van der Waals surface area contributed by atoms with E-state index in [1.165, 1.54) is 35.2 Å². The number of hydrogen-bond donors (Lipinski definition) is 1. The number of nitrogens with zero attached hydrogens (tertiary/aromatic N) is 4. The second-order valence-electron chi connectivity index (χ2n) is 4.77. The lowest BCUT2D eigenvalue weighted by molar-refractivity contribution is 0.627. The second-order valence-corrected chi connectivity index (χ2v) is 7.88. The molecule has 0 aliphatic rings. The summed E-state index contributed by atoms with van der Waals surface area (Å²) in [6, 6.07) is 8.39. The van der Waals surface area contributed by atoms with Crippen molar-refractivity contribution in [3.05, 3.63) is 53.4 Å². The van der Waals surface area contributed by atoms with E-state index < -0.39 is 0 Å². The molecule has 0 fully saturated rings. The number of aromatic nitrogens is 4. The third-order valence-corrected chi connectivity index (χ3v) is 5.94. The van der Waals surface area contributed by atoms with Gasteiger partial charge >= 0.3 is 0 Å². The van der Waals surface area contributed by atoms with Gasteiger partial charge in [0.05, 0.1) is 0 Å². The molecule has 4 aromatic rings. The van der Waals surface area contributed by atoms with Crippen LogP contribution in [0.15, 0.2) is 51.4 Å². The van der Waals surface area contributed by atoms with E-state index in [1.54, 1.807) is 29.8 Å². The van der Waals surface area contributed by atoms with Gasteiger partial charge in [-0.3, -0.25) is 0 Å². The number of fused-ring (bicyclic) bond motifs is 1. The maximum Gasteiger partial charge on any atom is 0.206 e. The molecule has 0 bridgehead atoms. The molecule has 9 heteroatoms. The van der Waals surface area contributed by atoms with Crippen molar-refractivity contribution in [3.8, 4) is 0 Å². The molecule has 1 N–H and O–H groups in total. The Balaban J connectivity index is 1.45. The van der Waals surface area contributed by atoms with E-state index in [2.05, 4.69) is 25.5 Å². The molecule has 3 heterocycles. The number of halogens is 1. The molecule has 0 saturated heterocycles. The summed E-state index contributed by atoms with van der Waals surface area (Å²) in [6.45, 7) is 0.571. The summed E-state index contributed by atoms with van der Waals surface area (Å²) in [4.78, 5) is 9.53. The van der Waals surface area contributed by atoms with Crippen LogP contribution < -0.4 is 5.32 Å². The number of rotatable bonds is 5. The van der Waals surface area contributed by atoms with Gasteiger partial charge in [-0.2, -0.15) is 0 Å². The zero-order valence-corrected chi connectivity index (χ0v) is 14.6. The van der Waals surface area contributed by atoms with Crippen molar-refractivity contribution in [3.63, 3.8) is 0 Å². The Morgan fingerprint density at radius 3 is 2.83 bits per heavy atom. The Bertz CT molecular complexity index is 967. The van der Waals surface area contributed by atoms with Crippen LogP contribution in [0.5, 0.6) is 0 Å². The lowest BCUT2D eigenvalue weighted by atomic mass is 10.2. The molecular weight excluding hydrogens is 365 g/mol. The van der Waals surface area contributed by atoms with E-state index in [0.717, 1.165) is 30.3 Å². The number of hydrogen-bond acceptors (Lipinski definition) is 8. The van der Waals surface area contributed by atoms with Crippen molar-refractivity contribution < 1.29 is 4.39 Å². The van der Waals surface area contributed by atoms with Crippen LogP contribution in [0, 0.1) is 5.82 Å². The fourth-order valence-corrected chi connectivity index (χ4v) is 4.57. The first kappa shape index (κ1) is 15.4. The average Bonchev–Trinajstić information content (AvgIpc) is 3.24. The van der Waals surface area contributed by atoms with Crippen LogP contribution in [0.2, 0.25) is 0 Å². The minimum absolute atomic E-state index is 0.238. The van der Waals surface area contributed by atoms with E-state index in [-0.39, 0.29) is 5.82 Å². The van der Waals surface area contributed by atoms with Gasteiger partial charge in [0.1, 0.15) is 22.0 Å². The standard InChI is InChI=1S/C15H10FN5S3/c16-10-3-1-9(2-4-10)7-17-14-20-21-15(24-14)23-13-11-5-6-22-12(11)18-8-19-13/h1-6,8H,7H2,(H,17,20). The van der Waals surface area contributed by atoms with Crippen LogP contribution in [0.4, 0.5) is 9.52 Å². The highest BCUT2D eigenvalue weighted by molar-refractivity contribution is 8.01. The molecule has 0 unspecified atom stereocenters. The van der Waals surface area contributed by atoms with E-state index in [1.807, 2.05) is 11.4 Å². The number of anilines is 1. The maximum absolute atomic E-state index is 12.9. The SMILES string of the molecule is Fc1ccc(CNc2nnc(Sc3ncnc4sccc34)s2)cc1. The van der Waals surface area contributed by atoms with E-state index in [0.29, 0.717) is 6.54 Å². The van der Waals surface area contributed by atoms with E-state index >= 15 is 0 Å². The molecule has 5 nitrogen and oxygen atoms in total. The summed E-state index contributed by atoms with van der Waals surface area (Å²) in [6.07, 6.45) is 1.57. The molecule has 0 amide bonds. The summed E-state index contributed by atoms with van der Waals surface area (Å²) in [5.74, 6) is -0.238. The van der Waals surface area contributed by atoms with Gasteiger partial charge in [-0.05, 0) is 40.9 Å². The Hall–Kier alpha value is -2.10. The van der Waals surface area contributed by atoms with Crippen LogP contribution >= 0.6 is 34.4 Å². The van der Waals surface area contributed by atoms with Gasteiger partial charge in [-0.1, -0.05) is 23.5 Å². The molecule has 3 aromatic heterocycles. The monoisotopic (exact) mass is 375 g/mol. The lowest BCUT2D eigenvalue weighted by Gasteiger charge is -2.01. The molecule has 24 heavy (non-hydrogen) atoms. The molecular formula is C15H10FN5S3. The molecule has 0 saturated carbocycles. The minimum atomic E-state index is -0.238. The Morgan fingerprint density at radius 2 is 1.96 bits per heavy atom. The Labute approximate surface area is 149 Å². The van der Waals surface area contributed by atoms with Gasteiger partial charge in [0.2, 0.25) is 5.13 Å². The highest BCUT2D eigenvalue weighted by Crippen LogP contribution is 2.35. The van der Waals surface area contributed by atoms with Gasteiger partial charge in [0.15, 0.2) is 4.34 Å². The number of nitrogens with one attached hydrogen (secondary N) is 1. The van der Waals surface area contributed by atoms with Crippen molar-refractivity contribution in [2.45, 2.75) is 15.9 Å². The summed E-state index contributed by atoms with van der Waals surface area (Å²) in [5, 5.41) is 16.1. The van der Waals surface area contributed by atoms with Crippen molar-refractivity contribution in [1.29, 1.82) is 0 Å². The average molecular weight is 375 g/mol. The number of thiophene rings is 1. The van der Waals surface area contributed by atoms with Gasteiger partial charge in [0, 0.05) is 11.9 Å². The molecule has 0 spiro atoms. The highest BCUT2D eigenvalue weighted by atomic mass is 32.2. The molecule has 120 valence electrons. The summed E-state index contributed by atoms with van der Waals surface area (Å²) < 4.78 is 13.7. The van der Waals surface area contributed by atoms with Crippen molar-refractivity contribution >= 4 is 49.8 Å². The predicted molar refractivity (Wildman–Crippen MR) is 95.2 cm³/mol. The zero-order chi connectivity index (χ0) is 16.4. The van der Waals surface area contributed by atoms with Crippen molar-refractivity contribution in [1.82, 2.24) is 20.2 Å². The smallest absolute Gasteiger partial charge is 0.206 e. The van der Waals surface area contributed by atoms with Gasteiger partial charge in [-0.25, -0.2) is 14.4 Å². The largest absolute Gasteiger partial charge is 0.356 e. The van der Waals surface area contributed by atoms with Crippen LogP contribution in [0.3, 0.4) is 0 Å². The first-order valence-electron chi connectivity index (χ1n) is 6.96. The molecule has 0 atom stereocenters. The lowest BCUT2D eigenvalue weighted by Crippen LogP contribution is -1.98.